The maximum absolute atomic E-state index is 12.4. The molecule has 0 amide bonds. The number of carbonyl (C=O) groups excluding carboxylic acids is 2. The number of aromatic amines is 1. The van der Waals surface area contributed by atoms with Crippen LogP contribution in [0, 0.1) is 5.41 Å². The average Bonchev–Trinajstić information content (AvgIpc) is 3.14. The highest BCUT2D eigenvalue weighted by atomic mass is 16.5. The highest BCUT2D eigenvalue weighted by Gasteiger charge is 2.48. The van der Waals surface area contributed by atoms with Gasteiger partial charge in [0.1, 0.15) is 0 Å². The van der Waals surface area contributed by atoms with Crippen molar-refractivity contribution in [2.24, 2.45) is 5.41 Å². The summed E-state index contributed by atoms with van der Waals surface area (Å²) in [6.45, 7) is 2.98. The molecule has 0 bridgehead atoms. The van der Waals surface area contributed by atoms with Crippen molar-refractivity contribution in [2.75, 3.05) is 20.8 Å². The van der Waals surface area contributed by atoms with Gasteiger partial charge >= 0.3 is 11.9 Å². The minimum atomic E-state index is -0.290. The Hall–Kier alpha value is -2.76. The zero-order chi connectivity index (χ0) is 20.6. The van der Waals surface area contributed by atoms with Crippen molar-refractivity contribution in [3.8, 4) is 0 Å². The summed E-state index contributed by atoms with van der Waals surface area (Å²) in [5, 5.41) is 1.27. The van der Waals surface area contributed by atoms with Gasteiger partial charge in [-0.25, -0.2) is 4.79 Å². The van der Waals surface area contributed by atoms with E-state index in [0.29, 0.717) is 24.8 Å². The van der Waals surface area contributed by atoms with Crippen LogP contribution in [0.1, 0.15) is 49.9 Å². The number of hydrogen-bond acceptors (Lipinski definition) is 5. The smallest absolute Gasteiger partial charge is 0.335 e. The molecule has 2 aliphatic rings. The minimum Gasteiger partial charge on any atom is -0.469 e. The summed E-state index contributed by atoms with van der Waals surface area (Å²) in [5.74, 6) is -0.506. The van der Waals surface area contributed by atoms with Crippen molar-refractivity contribution in [2.45, 2.75) is 45.1 Å². The molecule has 2 aliphatic heterocycles. The molecule has 0 unspecified atom stereocenters. The number of benzene rings is 1. The second-order valence-corrected chi connectivity index (χ2v) is 8.07. The van der Waals surface area contributed by atoms with E-state index < -0.39 is 0 Å². The SMILES string of the molecule is CC[C@@]1(CCC(=O)OC)CC(C(=O)OC)=CN2CCc3c([nH]c4ccccc34)[C@H]21. The number of rotatable bonds is 5. The van der Waals surface area contributed by atoms with Gasteiger partial charge in [-0.2, -0.15) is 0 Å². The van der Waals surface area contributed by atoms with Crippen LogP contribution in [-0.4, -0.2) is 42.6 Å². The van der Waals surface area contributed by atoms with E-state index in [1.807, 2.05) is 12.3 Å². The monoisotopic (exact) mass is 396 g/mol. The Labute approximate surface area is 170 Å². The topological polar surface area (TPSA) is 71.6 Å². The Kier molecular flexibility index (Phi) is 5.11. The van der Waals surface area contributed by atoms with E-state index in [1.54, 1.807) is 0 Å². The molecule has 2 atom stereocenters. The van der Waals surface area contributed by atoms with Crippen LogP contribution >= 0.6 is 0 Å². The first kappa shape index (κ1) is 19.6. The lowest BCUT2D eigenvalue weighted by atomic mass is 9.65. The molecule has 154 valence electrons. The standard InChI is InChI=1S/C23H28N2O4/c1-4-23(11-9-19(26)28-2)13-15(22(27)29-3)14-25-12-10-17-16-7-5-6-8-18(16)24-20(17)21(23)25/h5-8,14,21,24H,4,9-13H2,1-3H3/t21-,23+/m0/s1. The van der Waals surface area contributed by atoms with Crippen molar-refractivity contribution in [3.63, 3.8) is 0 Å². The Morgan fingerprint density at radius 1 is 1.24 bits per heavy atom. The number of aromatic nitrogens is 1. The highest BCUT2D eigenvalue weighted by Crippen LogP contribution is 2.54. The quantitative estimate of drug-likeness (QED) is 0.777. The number of para-hydroxylation sites is 1. The lowest BCUT2D eigenvalue weighted by Crippen LogP contribution is -2.47. The molecule has 0 aliphatic carbocycles. The van der Waals surface area contributed by atoms with Crippen molar-refractivity contribution in [1.82, 2.24) is 9.88 Å². The third-order valence-electron chi connectivity index (χ3n) is 6.72. The van der Waals surface area contributed by atoms with E-state index >= 15 is 0 Å². The first-order chi connectivity index (χ1) is 14.0. The molecule has 4 rings (SSSR count). The molecular formula is C23H28N2O4. The zero-order valence-corrected chi connectivity index (χ0v) is 17.3. The third kappa shape index (κ3) is 3.20. The highest BCUT2D eigenvalue weighted by molar-refractivity contribution is 5.89. The number of H-pyrrole nitrogens is 1. The van der Waals surface area contributed by atoms with Crippen molar-refractivity contribution in [1.29, 1.82) is 0 Å². The molecule has 29 heavy (non-hydrogen) atoms. The Bertz CT molecular complexity index is 976. The number of nitrogens with zero attached hydrogens (tertiary/aromatic N) is 1. The molecule has 3 heterocycles. The first-order valence-corrected chi connectivity index (χ1v) is 10.2. The molecule has 0 saturated heterocycles. The number of nitrogens with one attached hydrogen (secondary N) is 1. The predicted octanol–water partition coefficient (Wildman–Crippen LogP) is 3.88. The molecular weight excluding hydrogens is 368 g/mol. The molecule has 6 nitrogen and oxygen atoms in total. The fraction of sp³-hybridized carbons (Fsp3) is 0.478. The van der Waals surface area contributed by atoms with Crippen molar-refractivity contribution in [3.05, 3.63) is 47.3 Å². The van der Waals surface area contributed by atoms with Crippen LogP contribution in [0.3, 0.4) is 0 Å². The van der Waals surface area contributed by atoms with Crippen LogP contribution in [0.2, 0.25) is 0 Å². The number of hydrogen-bond donors (Lipinski definition) is 1. The van der Waals surface area contributed by atoms with Crippen LogP contribution in [0.15, 0.2) is 36.0 Å². The maximum atomic E-state index is 12.4. The summed E-state index contributed by atoms with van der Waals surface area (Å²) in [4.78, 5) is 30.3. The lowest BCUT2D eigenvalue weighted by molar-refractivity contribution is -0.141. The Morgan fingerprint density at radius 2 is 2.03 bits per heavy atom. The summed E-state index contributed by atoms with van der Waals surface area (Å²) in [7, 11) is 2.84. The van der Waals surface area contributed by atoms with E-state index in [0.717, 1.165) is 24.9 Å². The van der Waals surface area contributed by atoms with Crippen LogP contribution in [0.25, 0.3) is 10.9 Å². The number of carbonyl (C=O) groups is 2. The predicted molar refractivity (Wildman–Crippen MR) is 110 cm³/mol. The summed E-state index contributed by atoms with van der Waals surface area (Å²) < 4.78 is 9.95. The normalized spacial score (nSPS) is 23.2. The van der Waals surface area contributed by atoms with Gasteiger partial charge in [-0.3, -0.25) is 4.79 Å². The van der Waals surface area contributed by atoms with Gasteiger partial charge in [-0.1, -0.05) is 25.1 Å². The van der Waals surface area contributed by atoms with E-state index in [2.05, 4.69) is 35.0 Å². The lowest BCUT2D eigenvalue weighted by Gasteiger charge is -2.51. The van der Waals surface area contributed by atoms with E-state index in [1.165, 1.54) is 30.9 Å². The van der Waals surface area contributed by atoms with Gasteiger partial charge in [0.25, 0.3) is 0 Å². The molecule has 6 heteroatoms. The molecule has 1 aromatic carbocycles. The van der Waals surface area contributed by atoms with Crippen LogP contribution in [-0.2, 0) is 25.5 Å². The Morgan fingerprint density at radius 3 is 2.76 bits per heavy atom. The molecule has 0 radical (unpaired) electrons. The molecule has 2 aromatic rings. The third-order valence-corrected chi connectivity index (χ3v) is 6.72. The largest absolute Gasteiger partial charge is 0.469 e. The molecule has 0 saturated carbocycles. The number of ether oxygens (including phenoxy) is 2. The van der Waals surface area contributed by atoms with Crippen LogP contribution in [0.4, 0.5) is 0 Å². The minimum absolute atomic E-state index is 0.0849. The first-order valence-electron chi connectivity index (χ1n) is 10.2. The second kappa shape index (κ2) is 7.58. The summed E-state index contributed by atoms with van der Waals surface area (Å²) >= 11 is 0. The van der Waals surface area contributed by atoms with Gasteiger partial charge in [0.05, 0.1) is 25.8 Å². The summed E-state index contributed by atoms with van der Waals surface area (Å²) in [6.07, 6.45) is 5.30. The van der Waals surface area contributed by atoms with Crippen LogP contribution < -0.4 is 0 Å². The second-order valence-electron chi connectivity index (χ2n) is 8.07. The van der Waals surface area contributed by atoms with Gasteiger partial charge in [-0.05, 0) is 37.3 Å². The molecule has 1 aromatic heterocycles. The van der Waals surface area contributed by atoms with Gasteiger partial charge in [0, 0.05) is 41.2 Å². The molecule has 0 spiro atoms. The number of methoxy groups -OCH3 is 2. The van der Waals surface area contributed by atoms with Gasteiger partial charge in [0.15, 0.2) is 0 Å². The fourth-order valence-corrected chi connectivity index (χ4v) is 5.21. The molecule has 0 fully saturated rings. The van der Waals surface area contributed by atoms with Gasteiger partial charge in [0.2, 0.25) is 0 Å². The van der Waals surface area contributed by atoms with Gasteiger partial charge in [-0.15, -0.1) is 0 Å². The average molecular weight is 396 g/mol. The summed E-state index contributed by atoms with van der Waals surface area (Å²) in [6, 6.07) is 8.48. The van der Waals surface area contributed by atoms with Crippen LogP contribution in [0.5, 0.6) is 0 Å². The Balaban J connectivity index is 1.83. The fourth-order valence-electron chi connectivity index (χ4n) is 5.21. The summed E-state index contributed by atoms with van der Waals surface area (Å²) in [5.41, 5.74) is 4.12. The molecule has 1 N–H and O–H groups in total. The van der Waals surface area contributed by atoms with Crippen molar-refractivity contribution >= 4 is 22.8 Å². The van der Waals surface area contributed by atoms with E-state index in [4.69, 9.17) is 9.47 Å². The number of esters is 2. The zero-order valence-electron chi connectivity index (χ0n) is 17.3. The maximum Gasteiger partial charge on any atom is 0.335 e. The van der Waals surface area contributed by atoms with Gasteiger partial charge < -0.3 is 19.4 Å². The number of fused-ring (bicyclic) bond motifs is 5. The van der Waals surface area contributed by atoms with E-state index in [9.17, 15) is 9.59 Å². The van der Waals surface area contributed by atoms with Crippen molar-refractivity contribution < 1.29 is 19.1 Å². The van der Waals surface area contributed by atoms with E-state index in [-0.39, 0.29) is 23.4 Å².